The summed E-state index contributed by atoms with van der Waals surface area (Å²) in [5, 5.41) is 10.1. The molecule has 1 N–H and O–H groups in total. The molecule has 0 aliphatic carbocycles. The molecule has 0 spiro atoms. The van der Waals surface area contributed by atoms with E-state index < -0.39 is 0 Å². The predicted octanol–water partition coefficient (Wildman–Crippen LogP) is 2.59. The molecule has 5 nitrogen and oxygen atoms in total. The summed E-state index contributed by atoms with van der Waals surface area (Å²) in [6.45, 7) is 3.43. The Kier molecular flexibility index (Phi) is 4.07. The zero-order valence-electron chi connectivity index (χ0n) is 13.0. The fourth-order valence-corrected chi connectivity index (χ4v) is 3.04. The number of amides is 1. The molecule has 0 unspecified atom stereocenters. The molecule has 0 radical (unpaired) electrons. The van der Waals surface area contributed by atoms with Crippen molar-refractivity contribution in [2.75, 3.05) is 26.8 Å². The number of ether oxygens (including phenoxy) is 1. The molecule has 1 amide bonds. The third-order valence-corrected chi connectivity index (χ3v) is 4.50. The summed E-state index contributed by atoms with van der Waals surface area (Å²) in [4.78, 5) is 14.5. The lowest BCUT2D eigenvalue weighted by atomic mass is 9.97. The molecular weight excluding hydrogens is 282 g/mol. The molecule has 1 aliphatic rings. The number of nitrogens with zero attached hydrogens (tertiary/aromatic N) is 1. The van der Waals surface area contributed by atoms with Crippen LogP contribution in [0.25, 0.3) is 11.0 Å². The van der Waals surface area contributed by atoms with Crippen molar-refractivity contribution < 1.29 is 19.1 Å². The zero-order valence-corrected chi connectivity index (χ0v) is 13.0. The van der Waals surface area contributed by atoms with Gasteiger partial charge in [-0.25, -0.2) is 0 Å². The third kappa shape index (κ3) is 2.46. The van der Waals surface area contributed by atoms with Gasteiger partial charge in [-0.2, -0.15) is 0 Å². The van der Waals surface area contributed by atoms with Crippen LogP contribution in [0.1, 0.15) is 29.0 Å². The lowest BCUT2D eigenvalue weighted by Gasteiger charge is -2.30. The molecule has 1 saturated heterocycles. The Morgan fingerprint density at radius 1 is 1.41 bits per heavy atom. The van der Waals surface area contributed by atoms with Gasteiger partial charge in [-0.05, 0) is 31.7 Å². The number of carbonyl (C=O) groups is 1. The normalized spacial score (nSPS) is 16.2. The highest BCUT2D eigenvalue weighted by Crippen LogP contribution is 2.33. The van der Waals surface area contributed by atoms with E-state index >= 15 is 0 Å². The number of rotatable bonds is 3. The summed E-state index contributed by atoms with van der Waals surface area (Å²) in [6.07, 6.45) is 1.68. The lowest BCUT2D eigenvalue weighted by Crippen LogP contribution is -2.39. The first-order valence-corrected chi connectivity index (χ1v) is 7.62. The van der Waals surface area contributed by atoms with Crippen molar-refractivity contribution in [2.45, 2.75) is 19.8 Å². The van der Waals surface area contributed by atoms with Gasteiger partial charge in [-0.15, -0.1) is 0 Å². The minimum Gasteiger partial charge on any atom is -0.493 e. The maximum absolute atomic E-state index is 12.7. The molecule has 0 saturated carbocycles. The third-order valence-electron chi connectivity index (χ3n) is 4.50. The van der Waals surface area contributed by atoms with Crippen molar-refractivity contribution >= 4 is 16.9 Å². The Morgan fingerprint density at radius 2 is 2.14 bits per heavy atom. The molecule has 5 heteroatoms. The molecule has 2 aromatic rings. The van der Waals surface area contributed by atoms with Gasteiger partial charge in [-0.3, -0.25) is 4.79 Å². The van der Waals surface area contributed by atoms with Crippen LogP contribution < -0.4 is 4.74 Å². The van der Waals surface area contributed by atoms with Gasteiger partial charge in [0, 0.05) is 30.6 Å². The van der Waals surface area contributed by atoms with E-state index in [1.807, 2.05) is 30.0 Å². The van der Waals surface area contributed by atoms with Crippen LogP contribution in [-0.2, 0) is 0 Å². The molecule has 1 aromatic carbocycles. The Balaban J connectivity index is 1.90. The highest BCUT2D eigenvalue weighted by atomic mass is 16.5. The number of hydrogen-bond donors (Lipinski definition) is 1. The fourth-order valence-electron chi connectivity index (χ4n) is 3.04. The number of fused-ring (bicyclic) bond motifs is 1. The molecule has 1 aromatic heterocycles. The first kappa shape index (κ1) is 14.9. The van der Waals surface area contributed by atoms with E-state index in [4.69, 9.17) is 9.15 Å². The van der Waals surface area contributed by atoms with Gasteiger partial charge < -0.3 is 19.2 Å². The highest BCUT2D eigenvalue weighted by molar-refractivity contribution is 6.00. The van der Waals surface area contributed by atoms with Crippen molar-refractivity contribution in [1.82, 2.24) is 4.90 Å². The molecule has 1 fully saturated rings. The number of piperidine rings is 1. The van der Waals surface area contributed by atoms with Gasteiger partial charge in [0.25, 0.3) is 5.91 Å². The Bertz CT molecular complexity index is 683. The number of hydrogen-bond acceptors (Lipinski definition) is 4. The van der Waals surface area contributed by atoms with E-state index in [0.29, 0.717) is 36.1 Å². The number of carbonyl (C=O) groups excluding carboxylic acids is 1. The molecule has 0 atom stereocenters. The van der Waals surface area contributed by atoms with Crippen LogP contribution in [0.4, 0.5) is 0 Å². The predicted molar refractivity (Wildman–Crippen MR) is 83.2 cm³/mol. The number of benzene rings is 1. The Hall–Kier alpha value is -2.01. The second-order valence-corrected chi connectivity index (χ2v) is 5.81. The molecule has 0 bridgehead atoms. The van der Waals surface area contributed by atoms with E-state index in [0.717, 1.165) is 23.8 Å². The second-order valence-electron chi connectivity index (χ2n) is 5.81. The van der Waals surface area contributed by atoms with E-state index in [2.05, 4.69) is 0 Å². The average molecular weight is 303 g/mol. The van der Waals surface area contributed by atoms with Crippen molar-refractivity contribution in [3.63, 3.8) is 0 Å². The largest absolute Gasteiger partial charge is 0.493 e. The van der Waals surface area contributed by atoms with Gasteiger partial charge in [0.05, 0.1) is 7.11 Å². The van der Waals surface area contributed by atoms with Gasteiger partial charge in [-0.1, -0.05) is 12.1 Å². The molecule has 118 valence electrons. The molecular formula is C17H21NO4. The van der Waals surface area contributed by atoms with E-state index in [9.17, 15) is 9.90 Å². The number of aliphatic hydroxyl groups is 1. The molecule has 3 rings (SSSR count). The van der Waals surface area contributed by atoms with Crippen LogP contribution in [-0.4, -0.2) is 42.7 Å². The summed E-state index contributed by atoms with van der Waals surface area (Å²) >= 11 is 0. The summed E-state index contributed by atoms with van der Waals surface area (Å²) in [6, 6.07) is 5.66. The number of furan rings is 1. The molecule has 22 heavy (non-hydrogen) atoms. The van der Waals surface area contributed by atoms with Crippen LogP contribution in [0, 0.1) is 12.8 Å². The van der Waals surface area contributed by atoms with Gasteiger partial charge in [0.2, 0.25) is 0 Å². The standard InChI is InChI=1S/C17H21NO4/c1-11-13-4-3-5-14(21-2)16(13)22-15(11)17(20)18-8-6-12(10-19)7-9-18/h3-5,12,19H,6-10H2,1-2H3. The number of aryl methyl sites for hydroxylation is 1. The maximum atomic E-state index is 12.7. The highest BCUT2D eigenvalue weighted by Gasteiger charge is 2.27. The van der Waals surface area contributed by atoms with Gasteiger partial charge in [0.1, 0.15) is 0 Å². The zero-order chi connectivity index (χ0) is 15.7. The van der Waals surface area contributed by atoms with Gasteiger partial charge in [0.15, 0.2) is 17.1 Å². The average Bonchev–Trinajstić information content (AvgIpc) is 2.91. The first-order chi connectivity index (χ1) is 10.7. The maximum Gasteiger partial charge on any atom is 0.289 e. The number of likely N-dealkylation sites (tertiary alicyclic amines) is 1. The monoisotopic (exact) mass is 303 g/mol. The van der Waals surface area contributed by atoms with Crippen molar-refractivity contribution in [1.29, 1.82) is 0 Å². The minimum absolute atomic E-state index is 0.0767. The Morgan fingerprint density at radius 3 is 2.77 bits per heavy atom. The quantitative estimate of drug-likeness (QED) is 0.946. The minimum atomic E-state index is -0.0767. The number of para-hydroxylation sites is 1. The van der Waals surface area contributed by atoms with Crippen molar-refractivity contribution in [3.8, 4) is 5.75 Å². The molecule has 2 heterocycles. The Labute approximate surface area is 129 Å². The summed E-state index contributed by atoms with van der Waals surface area (Å²) in [7, 11) is 1.59. The van der Waals surface area contributed by atoms with Crippen LogP contribution in [0.15, 0.2) is 22.6 Å². The van der Waals surface area contributed by atoms with Crippen LogP contribution in [0.2, 0.25) is 0 Å². The van der Waals surface area contributed by atoms with Crippen LogP contribution in [0.3, 0.4) is 0 Å². The number of aliphatic hydroxyl groups excluding tert-OH is 1. The summed E-state index contributed by atoms with van der Waals surface area (Å²) in [5.41, 5.74) is 1.47. The first-order valence-electron chi connectivity index (χ1n) is 7.62. The topological polar surface area (TPSA) is 62.9 Å². The SMILES string of the molecule is COc1cccc2c(C)c(C(=O)N3CCC(CO)CC3)oc12. The van der Waals surface area contributed by atoms with Crippen molar-refractivity contribution in [3.05, 3.63) is 29.5 Å². The van der Waals surface area contributed by atoms with Crippen LogP contribution in [0.5, 0.6) is 5.75 Å². The van der Waals surface area contributed by atoms with Gasteiger partial charge >= 0.3 is 0 Å². The van der Waals surface area contributed by atoms with E-state index in [-0.39, 0.29) is 12.5 Å². The number of methoxy groups -OCH3 is 1. The molecule has 1 aliphatic heterocycles. The van der Waals surface area contributed by atoms with E-state index in [1.54, 1.807) is 7.11 Å². The summed E-state index contributed by atoms with van der Waals surface area (Å²) in [5.74, 6) is 1.26. The summed E-state index contributed by atoms with van der Waals surface area (Å²) < 4.78 is 11.1. The smallest absolute Gasteiger partial charge is 0.289 e. The fraction of sp³-hybridized carbons (Fsp3) is 0.471. The van der Waals surface area contributed by atoms with Crippen molar-refractivity contribution in [2.24, 2.45) is 5.92 Å². The van der Waals surface area contributed by atoms with Crippen LogP contribution >= 0.6 is 0 Å². The second kappa shape index (κ2) is 6.01. The van der Waals surface area contributed by atoms with E-state index in [1.165, 1.54) is 0 Å². The lowest BCUT2D eigenvalue weighted by molar-refractivity contribution is 0.0621.